The molecule has 1 amide bonds. The minimum absolute atomic E-state index is 0.0959. The maximum absolute atomic E-state index is 12.8. The molecule has 1 heterocycles. The van der Waals surface area contributed by atoms with Crippen LogP contribution in [0, 0.1) is 0 Å². The van der Waals surface area contributed by atoms with Crippen LogP contribution < -0.4 is 10.9 Å². The average molecular weight is 340 g/mol. The van der Waals surface area contributed by atoms with E-state index >= 15 is 0 Å². The maximum Gasteiger partial charge on any atom is 0.269 e. The van der Waals surface area contributed by atoms with Crippen LogP contribution in [0.4, 0.5) is 5.69 Å². The molecule has 0 bridgehead atoms. The summed E-state index contributed by atoms with van der Waals surface area (Å²) in [5, 5.41) is 3.66. The van der Waals surface area contributed by atoms with Gasteiger partial charge in [-0.3, -0.25) is 13.5 Å². The minimum atomic E-state index is -0.500. The van der Waals surface area contributed by atoms with Gasteiger partial charge in [-0.15, -0.1) is 0 Å². The molecular formula is C19H20N2O2S. The third-order valence-electron chi connectivity index (χ3n) is 4.14. The van der Waals surface area contributed by atoms with E-state index in [1.807, 2.05) is 55.5 Å². The molecule has 0 saturated heterocycles. The number of nitrogens with zero attached hydrogens (tertiary/aromatic N) is 1. The Labute approximate surface area is 144 Å². The van der Waals surface area contributed by atoms with E-state index < -0.39 is 6.04 Å². The Morgan fingerprint density at radius 1 is 1.12 bits per heavy atom. The van der Waals surface area contributed by atoms with E-state index in [0.717, 1.165) is 22.4 Å². The van der Waals surface area contributed by atoms with Crippen molar-refractivity contribution in [3.05, 3.63) is 64.4 Å². The quantitative estimate of drug-likeness (QED) is 0.756. The van der Waals surface area contributed by atoms with Gasteiger partial charge in [0, 0.05) is 5.69 Å². The summed E-state index contributed by atoms with van der Waals surface area (Å²) in [6.45, 7) is 3.98. The molecule has 124 valence electrons. The van der Waals surface area contributed by atoms with Gasteiger partial charge in [0.25, 0.3) is 5.56 Å². The van der Waals surface area contributed by atoms with E-state index in [9.17, 15) is 9.59 Å². The molecule has 0 spiro atoms. The van der Waals surface area contributed by atoms with Gasteiger partial charge in [-0.25, -0.2) is 0 Å². The van der Waals surface area contributed by atoms with Gasteiger partial charge >= 0.3 is 0 Å². The zero-order valence-electron chi connectivity index (χ0n) is 13.8. The van der Waals surface area contributed by atoms with Crippen molar-refractivity contribution in [2.24, 2.45) is 0 Å². The predicted molar refractivity (Wildman–Crippen MR) is 99.9 cm³/mol. The van der Waals surface area contributed by atoms with Crippen molar-refractivity contribution in [3.8, 4) is 0 Å². The van der Waals surface area contributed by atoms with Crippen LogP contribution in [0.5, 0.6) is 0 Å². The second kappa shape index (κ2) is 7.01. The highest BCUT2D eigenvalue weighted by atomic mass is 32.1. The van der Waals surface area contributed by atoms with E-state index in [1.54, 1.807) is 3.96 Å². The fraction of sp³-hybridized carbons (Fsp3) is 0.263. The summed E-state index contributed by atoms with van der Waals surface area (Å²) < 4.78 is 2.50. The lowest BCUT2D eigenvalue weighted by Gasteiger charge is -2.16. The largest absolute Gasteiger partial charge is 0.324 e. The van der Waals surface area contributed by atoms with Crippen LogP contribution in [0.25, 0.3) is 10.1 Å². The first-order valence-electron chi connectivity index (χ1n) is 8.15. The monoisotopic (exact) mass is 340 g/mol. The molecule has 1 N–H and O–H groups in total. The summed E-state index contributed by atoms with van der Waals surface area (Å²) in [5.74, 6) is -0.146. The van der Waals surface area contributed by atoms with Gasteiger partial charge in [0.2, 0.25) is 5.91 Å². The predicted octanol–water partition coefficient (Wildman–Crippen LogP) is 4.22. The molecular weight excluding hydrogens is 320 g/mol. The Hall–Kier alpha value is -2.40. The Balaban J connectivity index is 1.94. The molecule has 3 aromatic rings. The van der Waals surface area contributed by atoms with Crippen LogP contribution in [0.3, 0.4) is 0 Å². The number of rotatable bonds is 5. The van der Waals surface area contributed by atoms with Crippen molar-refractivity contribution in [2.45, 2.75) is 32.7 Å². The molecule has 0 aliphatic carbocycles. The summed E-state index contributed by atoms with van der Waals surface area (Å²) in [6.07, 6.45) is 1.41. The number of carbonyl (C=O) groups is 1. The molecule has 24 heavy (non-hydrogen) atoms. The summed E-state index contributed by atoms with van der Waals surface area (Å²) in [7, 11) is 0. The normalized spacial score (nSPS) is 12.2. The smallest absolute Gasteiger partial charge is 0.269 e. The molecule has 0 saturated carbocycles. The lowest BCUT2D eigenvalue weighted by molar-refractivity contribution is -0.119. The van der Waals surface area contributed by atoms with Crippen molar-refractivity contribution < 1.29 is 4.79 Å². The maximum atomic E-state index is 12.8. The van der Waals surface area contributed by atoms with Gasteiger partial charge in [-0.2, -0.15) is 0 Å². The number of benzene rings is 2. The average Bonchev–Trinajstić information content (AvgIpc) is 2.93. The van der Waals surface area contributed by atoms with Crippen LogP contribution in [-0.4, -0.2) is 9.86 Å². The number of nitrogens with one attached hydrogen (secondary N) is 1. The number of anilines is 1. The first-order chi connectivity index (χ1) is 11.7. The second-order valence-electron chi connectivity index (χ2n) is 5.64. The molecule has 5 heteroatoms. The van der Waals surface area contributed by atoms with E-state index in [2.05, 4.69) is 12.2 Å². The topological polar surface area (TPSA) is 51.1 Å². The molecule has 0 aliphatic rings. The van der Waals surface area contributed by atoms with E-state index in [4.69, 9.17) is 0 Å². The highest BCUT2D eigenvalue weighted by Gasteiger charge is 2.23. The molecule has 2 aromatic carbocycles. The van der Waals surface area contributed by atoms with Crippen molar-refractivity contribution in [3.63, 3.8) is 0 Å². The zero-order valence-corrected chi connectivity index (χ0v) is 14.6. The molecule has 0 aliphatic heterocycles. The Kier molecular flexibility index (Phi) is 4.81. The van der Waals surface area contributed by atoms with Gasteiger partial charge in [0.1, 0.15) is 6.04 Å². The number of aromatic nitrogens is 1. The summed E-state index contributed by atoms with van der Waals surface area (Å²) >= 11 is 1.35. The third kappa shape index (κ3) is 2.99. The lowest BCUT2D eigenvalue weighted by Crippen LogP contribution is -2.30. The highest BCUT2D eigenvalue weighted by Crippen LogP contribution is 2.23. The van der Waals surface area contributed by atoms with Crippen LogP contribution in [-0.2, 0) is 11.2 Å². The number of fused-ring (bicyclic) bond motifs is 1. The van der Waals surface area contributed by atoms with Crippen molar-refractivity contribution in [2.75, 3.05) is 5.32 Å². The van der Waals surface area contributed by atoms with E-state index in [0.29, 0.717) is 11.8 Å². The summed E-state index contributed by atoms with van der Waals surface area (Å²) in [6, 6.07) is 14.7. The Morgan fingerprint density at radius 2 is 1.83 bits per heavy atom. The number of para-hydroxylation sites is 1. The number of hydrogen-bond acceptors (Lipinski definition) is 3. The minimum Gasteiger partial charge on any atom is -0.324 e. The molecule has 0 fully saturated rings. The van der Waals surface area contributed by atoms with E-state index in [1.165, 1.54) is 11.5 Å². The van der Waals surface area contributed by atoms with Crippen LogP contribution >= 0.6 is 11.5 Å². The van der Waals surface area contributed by atoms with Gasteiger partial charge in [0.05, 0.1) is 10.1 Å². The van der Waals surface area contributed by atoms with Gasteiger partial charge < -0.3 is 5.32 Å². The SMILES string of the molecule is CCc1ccccc1NC(=O)C(CC)n1sc2ccccc2c1=O. The highest BCUT2D eigenvalue weighted by molar-refractivity contribution is 7.14. The standard InChI is InChI=1S/C19H20N2O2S/c1-3-13-9-5-7-11-15(13)20-18(22)16(4-2)21-19(23)14-10-6-8-12-17(14)24-21/h5-12,16H,3-4H2,1-2H3,(H,20,22). The third-order valence-corrected chi connectivity index (χ3v) is 5.31. The molecule has 1 atom stereocenters. The summed E-state index contributed by atoms with van der Waals surface area (Å²) in [4.78, 5) is 25.4. The fourth-order valence-corrected chi connectivity index (χ4v) is 3.98. The van der Waals surface area contributed by atoms with Gasteiger partial charge in [0.15, 0.2) is 0 Å². The van der Waals surface area contributed by atoms with Crippen molar-refractivity contribution >= 4 is 33.2 Å². The molecule has 3 rings (SSSR count). The van der Waals surface area contributed by atoms with Gasteiger partial charge in [-0.05, 0) is 36.6 Å². The zero-order chi connectivity index (χ0) is 17.1. The first-order valence-corrected chi connectivity index (χ1v) is 8.92. The van der Waals surface area contributed by atoms with Crippen molar-refractivity contribution in [1.82, 2.24) is 3.96 Å². The molecule has 1 aromatic heterocycles. The number of carbonyl (C=O) groups excluding carboxylic acids is 1. The number of hydrogen-bond donors (Lipinski definition) is 1. The Bertz CT molecular complexity index is 926. The van der Waals surface area contributed by atoms with Gasteiger partial charge in [-0.1, -0.05) is 55.7 Å². The summed E-state index contributed by atoms with van der Waals surface area (Å²) in [5.41, 5.74) is 1.81. The second-order valence-corrected chi connectivity index (χ2v) is 6.66. The Morgan fingerprint density at radius 3 is 2.54 bits per heavy atom. The number of aryl methyl sites for hydroxylation is 1. The molecule has 1 unspecified atom stereocenters. The van der Waals surface area contributed by atoms with Crippen LogP contribution in [0.2, 0.25) is 0 Å². The molecule has 0 radical (unpaired) electrons. The molecule has 4 nitrogen and oxygen atoms in total. The van der Waals surface area contributed by atoms with E-state index in [-0.39, 0.29) is 11.5 Å². The fourth-order valence-electron chi connectivity index (χ4n) is 2.82. The first kappa shape index (κ1) is 16.5. The van der Waals surface area contributed by atoms with Crippen LogP contribution in [0.1, 0.15) is 31.9 Å². The number of amides is 1. The van der Waals surface area contributed by atoms with Crippen molar-refractivity contribution in [1.29, 1.82) is 0 Å². The van der Waals surface area contributed by atoms with Crippen LogP contribution in [0.15, 0.2) is 53.3 Å². The lowest BCUT2D eigenvalue weighted by atomic mass is 10.1.